The predicted octanol–water partition coefficient (Wildman–Crippen LogP) is 3.80. The first-order valence-electron chi connectivity index (χ1n) is 8.06. The van der Waals surface area contributed by atoms with Crippen LogP contribution < -0.4 is 10.1 Å². The Bertz CT molecular complexity index is 480. The minimum absolute atomic E-state index is 0.0914. The summed E-state index contributed by atoms with van der Waals surface area (Å²) in [7, 11) is 0. The summed E-state index contributed by atoms with van der Waals surface area (Å²) in [5.41, 5.74) is 1.27. The van der Waals surface area contributed by atoms with Crippen LogP contribution in [0.1, 0.15) is 50.1 Å². The van der Waals surface area contributed by atoms with Crippen LogP contribution in [0.25, 0.3) is 0 Å². The van der Waals surface area contributed by atoms with Gasteiger partial charge in [-0.2, -0.15) is 0 Å². The zero-order chi connectivity index (χ0) is 14.7. The number of aliphatic hydroxyl groups is 1. The summed E-state index contributed by atoms with van der Waals surface area (Å²) >= 11 is 3.52. The lowest BCUT2D eigenvalue weighted by Crippen LogP contribution is -2.31. The van der Waals surface area contributed by atoms with Crippen LogP contribution in [0, 0.1) is 5.92 Å². The van der Waals surface area contributed by atoms with Crippen molar-refractivity contribution in [3.8, 4) is 5.75 Å². The van der Waals surface area contributed by atoms with Crippen molar-refractivity contribution in [1.82, 2.24) is 5.32 Å². The Hall–Kier alpha value is -0.580. The summed E-state index contributed by atoms with van der Waals surface area (Å²) in [5.74, 6) is 1.61. The second kappa shape index (κ2) is 7.12. The summed E-state index contributed by atoms with van der Waals surface area (Å²) in [4.78, 5) is 0. The highest BCUT2D eigenvalue weighted by atomic mass is 79.9. The van der Waals surface area contributed by atoms with Gasteiger partial charge < -0.3 is 15.2 Å². The molecule has 1 aromatic rings. The highest BCUT2D eigenvalue weighted by Crippen LogP contribution is 2.34. The van der Waals surface area contributed by atoms with Crippen LogP contribution in [-0.4, -0.2) is 24.4 Å². The molecule has 1 saturated carbocycles. The van der Waals surface area contributed by atoms with Gasteiger partial charge >= 0.3 is 0 Å². The number of hydrogen-bond acceptors (Lipinski definition) is 3. The molecular weight excluding hydrogens is 330 g/mol. The van der Waals surface area contributed by atoms with Crippen molar-refractivity contribution < 1.29 is 9.84 Å². The third-order valence-electron chi connectivity index (χ3n) is 4.65. The fourth-order valence-electron chi connectivity index (χ4n) is 3.52. The average Bonchev–Trinajstić information content (AvgIpc) is 2.67. The number of aliphatic hydroxyl groups excluding tert-OH is 1. The minimum atomic E-state index is -0.0914. The van der Waals surface area contributed by atoms with Gasteiger partial charge in [0.2, 0.25) is 0 Å². The predicted molar refractivity (Wildman–Crippen MR) is 87.6 cm³/mol. The van der Waals surface area contributed by atoms with E-state index >= 15 is 0 Å². The lowest BCUT2D eigenvalue weighted by atomic mass is 9.87. The first-order valence-corrected chi connectivity index (χ1v) is 8.85. The van der Waals surface area contributed by atoms with Crippen molar-refractivity contribution in [1.29, 1.82) is 0 Å². The molecule has 2 N–H and O–H groups in total. The molecule has 1 fully saturated rings. The quantitative estimate of drug-likeness (QED) is 0.868. The van der Waals surface area contributed by atoms with E-state index in [0.29, 0.717) is 12.0 Å². The average molecular weight is 354 g/mol. The molecule has 3 atom stereocenters. The van der Waals surface area contributed by atoms with Gasteiger partial charge in [0.1, 0.15) is 5.75 Å². The van der Waals surface area contributed by atoms with Gasteiger partial charge in [-0.05, 0) is 56.7 Å². The highest BCUT2D eigenvalue weighted by molar-refractivity contribution is 9.10. The van der Waals surface area contributed by atoms with Crippen LogP contribution in [0.2, 0.25) is 0 Å². The number of hydrogen-bond donors (Lipinski definition) is 2. The summed E-state index contributed by atoms with van der Waals surface area (Å²) in [6.45, 7) is 1.79. The van der Waals surface area contributed by atoms with Crippen LogP contribution in [0.4, 0.5) is 0 Å². The first kappa shape index (κ1) is 15.3. The highest BCUT2D eigenvalue weighted by Gasteiger charge is 2.23. The Balaban J connectivity index is 1.65. The lowest BCUT2D eigenvalue weighted by molar-refractivity contribution is 0.0995. The molecule has 116 valence electrons. The summed E-state index contributed by atoms with van der Waals surface area (Å²) in [6, 6.07) is 6.69. The Morgan fingerprint density at radius 3 is 3.00 bits per heavy atom. The number of halogens is 1. The fraction of sp³-hybridized carbons (Fsp3) is 0.647. The number of ether oxygens (including phenoxy) is 1. The molecular formula is C17H24BrNO2. The first-order chi connectivity index (χ1) is 10.2. The van der Waals surface area contributed by atoms with E-state index in [-0.39, 0.29) is 6.10 Å². The monoisotopic (exact) mass is 353 g/mol. The molecule has 0 bridgehead atoms. The van der Waals surface area contributed by atoms with Gasteiger partial charge in [0.25, 0.3) is 0 Å². The summed E-state index contributed by atoms with van der Waals surface area (Å²) < 4.78 is 6.93. The number of nitrogens with one attached hydrogen (secondary N) is 1. The van der Waals surface area contributed by atoms with Gasteiger partial charge in [-0.3, -0.25) is 0 Å². The van der Waals surface area contributed by atoms with E-state index in [4.69, 9.17) is 4.74 Å². The molecule has 0 saturated heterocycles. The van der Waals surface area contributed by atoms with E-state index in [0.717, 1.165) is 55.5 Å². The molecule has 0 spiro atoms. The lowest BCUT2D eigenvalue weighted by Gasteiger charge is -2.28. The third-order valence-corrected chi connectivity index (χ3v) is 5.15. The van der Waals surface area contributed by atoms with E-state index in [1.165, 1.54) is 12.0 Å². The summed E-state index contributed by atoms with van der Waals surface area (Å²) in [6.07, 6.45) is 6.42. The van der Waals surface area contributed by atoms with Crippen LogP contribution >= 0.6 is 15.9 Å². The van der Waals surface area contributed by atoms with Crippen molar-refractivity contribution in [2.24, 2.45) is 5.92 Å². The van der Waals surface area contributed by atoms with Crippen molar-refractivity contribution in [2.75, 3.05) is 13.2 Å². The van der Waals surface area contributed by atoms with E-state index in [2.05, 4.69) is 39.4 Å². The van der Waals surface area contributed by atoms with E-state index < -0.39 is 0 Å². The Morgan fingerprint density at radius 1 is 1.24 bits per heavy atom. The molecule has 4 heteroatoms. The summed E-state index contributed by atoms with van der Waals surface area (Å²) in [5, 5.41) is 13.5. The second-order valence-electron chi connectivity index (χ2n) is 6.32. The Kier molecular flexibility index (Phi) is 5.19. The molecule has 2 aliphatic rings. The second-order valence-corrected chi connectivity index (χ2v) is 7.24. The van der Waals surface area contributed by atoms with Gasteiger partial charge in [0, 0.05) is 16.1 Å². The Labute approximate surface area is 135 Å². The SMILES string of the molecule is OC1CCCC(CNC2CCCOc3cc(Br)ccc32)C1. The Morgan fingerprint density at radius 2 is 2.14 bits per heavy atom. The fourth-order valence-corrected chi connectivity index (χ4v) is 3.86. The van der Waals surface area contributed by atoms with E-state index in [1.54, 1.807) is 0 Å². The molecule has 1 aliphatic heterocycles. The largest absolute Gasteiger partial charge is 0.493 e. The number of benzene rings is 1. The van der Waals surface area contributed by atoms with Gasteiger partial charge in [0.05, 0.1) is 12.7 Å². The number of rotatable bonds is 3. The van der Waals surface area contributed by atoms with Gasteiger partial charge in [-0.1, -0.05) is 28.4 Å². The normalized spacial score (nSPS) is 29.3. The van der Waals surface area contributed by atoms with Crippen LogP contribution in [0.5, 0.6) is 5.75 Å². The number of fused-ring (bicyclic) bond motifs is 1. The molecule has 1 aromatic carbocycles. The molecule has 0 radical (unpaired) electrons. The van der Waals surface area contributed by atoms with Gasteiger partial charge in [-0.15, -0.1) is 0 Å². The maximum Gasteiger partial charge on any atom is 0.125 e. The molecule has 0 amide bonds. The molecule has 1 heterocycles. The zero-order valence-electron chi connectivity index (χ0n) is 12.4. The molecule has 3 nitrogen and oxygen atoms in total. The molecule has 3 unspecified atom stereocenters. The smallest absolute Gasteiger partial charge is 0.125 e. The van der Waals surface area contributed by atoms with E-state index in [9.17, 15) is 5.11 Å². The standard InChI is InChI=1S/C17H24BrNO2/c18-13-6-7-15-16(5-2-8-21-17(15)10-13)19-11-12-3-1-4-14(20)9-12/h6-7,10,12,14,16,19-20H,1-5,8-9,11H2. The van der Waals surface area contributed by atoms with Crippen molar-refractivity contribution in [3.05, 3.63) is 28.2 Å². The maximum absolute atomic E-state index is 9.80. The van der Waals surface area contributed by atoms with Crippen LogP contribution in [-0.2, 0) is 0 Å². The third kappa shape index (κ3) is 3.99. The van der Waals surface area contributed by atoms with Crippen molar-refractivity contribution >= 4 is 15.9 Å². The van der Waals surface area contributed by atoms with Gasteiger partial charge in [0.15, 0.2) is 0 Å². The maximum atomic E-state index is 9.80. The van der Waals surface area contributed by atoms with E-state index in [1.807, 2.05) is 0 Å². The van der Waals surface area contributed by atoms with Gasteiger partial charge in [-0.25, -0.2) is 0 Å². The zero-order valence-corrected chi connectivity index (χ0v) is 13.9. The van der Waals surface area contributed by atoms with Crippen molar-refractivity contribution in [2.45, 2.75) is 50.7 Å². The van der Waals surface area contributed by atoms with Crippen LogP contribution in [0.3, 0.4) is 0 Å². The van der Waals surface area contributed by atoms with Crippen LogP contribution in [0.15, 0.2) is 22.7 Å². The van der Waals surface area contributed by atoms with Crippen molar-refractivity contribution in [3.63, 3.8) is 0 Å². The molecule has 0 aromatic heterocycles. The molecule has 1 aliphatic carbocycles. The topological polar surface area (TPSA) is 41.5 Å². The molecule has 3 rings (SSSR count). The minimum Gasteiger partial charge on any atom is -0.493 e. The molecule has 21 heavy (non-hydrogen) atoms.